The Hall–Kier alpha value is 0.137. The molecule has 0 aromatic heterocycles. The molecule has 0 aromatic carbocycles. The van der Waals surface area contributed by atoms with Crippen molar-refractivity contribution in [1.82, 2.24) is 0 Å². The molecule has 0 aliphatic carbocycles. The van der Waals surface area contributed by atoms with Crippen LogP contribution in [0.4, 0.5) is 0 Å². The molecule has 1 unspecified atom stereocenters. The summed E-state index contributed by atoms with van der Waals surface area (Å²) in [4.78, 5) is 0. The van der Waals surface area contributed by atoms with Gasteiger partial charge in [0.2, 0.25) is 8.32 Å². The van der Waals surface area contributed by atoms with Crippen molar-refractivity contribution < 1.29 is 4.43 Å². The highest BCUT2D eigenvalue weighted by Gasteiger charge is 2.32. The third-order valence-corrected chi connectivity index (χ3v) is 5.42. The summed E-state index contributed by atoms with van der Waals surface area (Å²) in [5.41, 5.74) is 6.33. The van der Waals surface area contributed by atoms with Crippen LogP contribution in [0, 0.1) is 5.92 Å². The van der Waals surface area contributed by atoms with Gasteiger partial charge >= 0.3 is 0 Å². The first-order chi connectivity index (χ1) is 5.41. The number of hydrogen-bond acceptors (Lipinski definition) is 2. The SMILES string of the molecule is CCCO[Si](C)(C)C(N)C(C)C. The summed E-state index contributed by atoms with van der Waals surface area (Å²) in [6.45, 7) is 11.7. The zero-order chi connectivity index (χ0) is 9.78. The third-order valence-electron chi connectivity index (χ3n) is 2.20. The average molecular weight is 189 g/mol. The minimum Gasteiger partial charge on any atom is -0.416 e. The molecule has 0 bridgehead atoms. The number of nitrogens with two attached hydrogens (primary N) is 1. The van der Waals surface area contributed by atoms with Gasteiger partial charge in [-0.15, -0.1) is 0 Å². The van der Waals surface area contributed by atoms with Crippen molar-refractivity contribution in [2.45, 2.75) is 46.0 Å². The Morgan fingerprint density at radius 2 is 1.83 bits per heavy atom. The van der Waals surface area contributed by atoms with E-state index in [9.17, 15) is 0 Å². The first-order valence-corrected chi connectivity index (χ1v) is 7.80. The van der Waals surface area contributed by atoms with Crippen LogP contribution in [-0.4, -0.2) is 20.6 Å². The van der Waals surface area contributed by atoms with Crippen LogP contribution in [0.5, 0.6) is 0 Å². The Labute approximate surface area is 77.6 Å². The van der Waals surface area contributed by atoms with Crippen molar-refractivity contribution in [3.8, 4) is 0 Å². The zero-order valence-corrected chi connectivity index (χ0v) is 10.1. The topological polar surface area (TPSA) is 35.2 Å². The van der Waals surface area contributed by atoms with Gasteiger partial charge in [-0.3, -0.25) is 0 Å². The van der Waals surface area contributed by atoms with E-state index in [1.54, 1.807) is 0 Å². The Bertz CT molecular complexity index is 126. The molecule has 0 amide bonds. The summed E-state index contributed by atoms with van der Waals surface area (Å²) in [5, 5.41) is 0. The summed E-state index contributed by atoms with van der Waals surface area (Å²) >= 11 is 0. The van der Waals surface area contributed by atoms with E-state index in [1.165, 1.54) is 0 Å². The van der Waals surface area contributed by atoms with Crippen LogP contribution in [-0.2, 0) is 4.43 Å². The molecule has 0 fully saturated rings. The molecule has 2 nitrogen and oxygen atoms in total. The van der Waals surface area contributed by atoms with E-state index in [4.69, 9.17) is 10.2 Å². The molecule has 0 aliphatic rings. The lowest BCUT2D eigenvalue weighted by Gasteiger charge is -2.31. The maximum absolute atomic E-state index is 6.07. The molecule has 2 N–H and O–H groups in total. The van der Waals surface area contributed by atoms with E-state index in [-0.39, 0.29) is 5.67 Å². The minimum atomic E-state index is -1.61. The lowest BCUT2D eigenvalue weighted by atomic mass is 10.2. The molecule has 0 aromatic rings. The van der Waals surface area contributed by atoms with Crippen LogP contribution in [0.3, 0.4) is 0 Å². The van der Waals surface area contributed by atoms with Crippen molar-refractivity contribution in [3.05, 3.63) is 0 Å². The monoisotopic (exact) mass is 189 g/mol. The first kappa shape index (κ1) is 12.1. The Kier molecular flexibility index (Phi) is 5.05. The van der Waals surface area contributed by atoms with Gasteiger partial charge in [0.05, 0.1) is 0 Å². The average Bonchev–Trinajstić information content (AvgIpc) is 1.99. The molecule has 0 heterocycles. The largest absolute Gasteiger partial charge is 0.416 e. The summed E-state index contributed by atoms with van der Waals surface area (Å²) in [6.07, 6.45) is 1.08. The van der Waals surface area contributed by atoms with Gasteiger partial charge < -0.3 is 10.2 Å². The maximum Gasteiger partial charge on any atom is 0.203 e. The van der Waals surface area contributed by atoms with Crippen LogP contribution < -0.4 is 5.73 Å². The fourth-order valence-electron chi connectivity index (χ4n) is 1.26. The van der Waals surface area contributed by atoms with Gasteiger partial charge in [-0.25, -0.2) is 0 Å². The summed E-state index contributed by atoms with van der Waals surface area (Å²) in [6, 6.07) is 0. The van der Waals surface area contributed by atoms with Gasteiger partial charge in [0.25, 0.3) is 0 Å². The predicted molar refractivity (Wildman–Crippen MR) is 56.5 cm³/mol. The van der Waals surface area contributed by atoms with Gasteiger partial charge in [-0.1, -0.05) is 20.8 Å². The van der Waals surface area contributed by atoms with Gasteiger partial charge in [0, 0.05) is 12.3 Å². The van der Waals surface area contributed by atoms with E-state index in [1.807, 2.05) is 0 Å². The molecular weight excluding hydrogens is 166 g/mol. The van der Waals surface area contributed by atoms with Crippen LogP contribution in [0.1, 0.15) is 27.2 Å². The second-order valence-electron chi connectivity index (χ2n) is 4.22. The van der Waals surface area contributed by atoms with E-state index in [2.05, 4.69) is 33.9 Å². The van der Waals surface area contributed by atoms with Crippen molar-refractivity contribution in [3.63, 3.8) is 0 Å². The van der Waals surface area contributed by atoms with Gasteiger partial charge in [0.15, 0.2) is 0 Å². The molecule has 0 saturated carbocycles. The first-order valence-electron chi connectivity index (χ1n) is 4.81. The van der Waals surface area contributed by atoms with E-state index < -0.39 is 8.32 Å². The Balaban J connectivity index is 3.99. The second-order valence-corrected chi connectivity index (χ2v) is 8.38. The Morgan fingerprint density at radius 1 is 1.33 bits per heavy atom. The van der Waals surface area contributed by atoms with Crippen LogP contribution >= 0.6 is 0 Å². The lowest BCUT2D eigenvalue weighted by Crippen LogP contribution is -2.53. The molecule has 0 saturated heterocycles. The fraction of sp³-hybridized carbons (Fsp3) is 1.00. The quantitative estimate of drug-likeness (QED) is 0.673. The molecule has 74 valence electrons. The van der Waals surface area contributed by atoms with Crippen molar-refractivity contribution in [2.75, 3.05) is 6.61 Å². The Morgan fingerprint density at radius 3 is 2.17 bits per heavy atom. The van der Waals surface area contributed by atoms with E-state index in [0.717, 1.165) is 13.0 Å². The highest BCUT2D eigenvalue weighted by Crippen LogP contribution is 2.15. The molecule has 1 atom stereocenters. The van der Waals surface area contributed by atoms with E-state index >= 15 is 0 Å². The number of rotatable bonds is 5. The molecule has 0 rings (SSSR count). The van der Waals surface area contributed by atoms with Gasteiger partial charge in [0.1, 0.15) is 0 Å². The molecule has 3 heteroatoms. The van der Waals surface area contributed by atoms with Crippen molar-refractivity contribution in [1.29, 1.82) is 0 Å². The summed E-state index contributed by atoms with van der Waals surface area (Å²) < 4.78 is 5.82. The third kappa shape index (κ3) is 3.69. The molecule has 12 heavy (non-hydrogen) atoms. The van der Waals surface area contributed by atoms with Crippen LogP contribution in [0.15, 0.2) is 0 Å². The van der Waals surface area contributed by atoms with Crippen molar-refractivity contribution in [2.24, 2.45) is 11.7 Å². The van der Waals surface area contributed by atoms with E-state index in [0.29, 0.717) is 5.92 Å². The highest BCUT2D eigenvalue weighted by atomic mass is 28.4. The zero-order valence-electron chi connectivity index (χ0n) is 9.05. The van der Waals surface area contributed by atoms with Crippen molar-refractivity contribution >= 4 is 8.32 Å². The fourth-order valence-corrected chi connectivity index (χ4v) is 3.79. The maximum atomic E-state index is 6.07. The highest BCUT2D eigenvalue weighted by molar-refractivity contribution is 6.72. The molecule has 0 radical (unpaired) electrons. The second kappa shape index (κ2) is 4.99. The number of hydrogen-bond donors (Lipinski definition) is 1. The van der Waals surface area contributed by atoms with Gasteiger partial charge in [-0.05, 0) is 25.4 Å². The molecule has 0 aliphatic heterocycles. The molecule has 0 spiro atoms. The summed E-state index contributed by atoms with van der Waals surface area (Å²) in [5.74, 6) is 0.531. The van der Waals surface area contributed by atoms with Gasteiger partial charge in [-0.2, -0.15) is 0 Å². The predicted octanol–water partition coefficient (Wildman–Crippen LogP) is 2.14. The standard InChI is InChI=1S/C9H23NOSi/c1-6-7-11-12(4,5)9(10)8(2)3/h8-9H,6-7,10H2,1-5H3. The normalized spacial score (nSPS) is 15.2. The smallest absolute Gasteiger partial charge is 0.203 e. The summed E-state index contributed by atoms with van der Waals surface area (Å²) in [7, 11) is -1.61. The molecular formula is C9H23NOSi. The lowest BCUT2D eigenvalue weighted by molar-refractivity contribution is 0.291. The van der Waals surface area contributed by atoms with Crippen LogP contribution in [0.2, 0.25) is 13.1 Å². The minimum absolute atomic E-state index is 0.254. The van der Waals surface area contributed by atoms with Crippen LogP contribution in [0.25, 0.3) is 0 Å².